The van der Waals surface area contributed by atoms with Gasteiger partial charge in [-0.25, -0.2) is 0 Å². The molecule has 0 atom stereocenters. The number of benzene rings is 7. The van der Waals surface area contributed by atoms with Crippen LogP contribution in [0.25, 0.3) is 65.3 Å². The summed E-state index contributed by atoms with van der Waals surface area (Å²) in [6.07, 6.45) is 2.07. The van der Waals surface area contributed by atoms with Gasteiger partial charge in [0.25, 0.3) is 0 Å². The second-order valence-electron chi connectivity index (χ2n) is 10.2. The first kappa shape index (κ1) is 22.8. The standard InChI is InChI=1S/C38H30/c1-3-25-21-22-31(26(4-2)23-25)36-32-17-9-11-19-34(32)38(35-20-12-10-18-33(35)36)37-29-15-7-5-13-27(29)24-28-14-6-8-16-30(28)37/h5-24H,3-4H2,1-2H3. The first-order valence-corrected chi connectivity index (χ1v) is 13.7. The van der Waals surface area contributed by atoms with Crippen LogP contribution in [0.4, 0.5) is 0 Å². The normalized spacial score (nSPS) is 11.6. The fraction of sp³-hybridized carbons (Fsp3) is 0.105. The average Bonchev–Trinajstić information content (AvgIpc) is 2.98. The molecular weight excluding hydrogens is 456 g/mol. The molecule has 0 fully saturated rings. The monoisotopic (exact) mass is 486 g/mol. The molecule has 0 saturated carbocycles. The van der Waals surface area contributed by atoms with Gasteiger partial charge >= 0.3 is 0 Å². The van der Waals surface area contributed by atoms with Crippen molar-refractivity contribution in [1.29, 1.82) is 0 Å². The number of hydrogen-bond donors (Lipinski definition) is 0. The van der Waals surface area contributed by atoms with Crippen LogP contribution in [0.1, 0.15) is 25.0 Å². The fourth-order valence-corrected chi connectivity index (χ4v) is 6.37. The Morgan fingerprint density at radius 1 is 0.395 bits per heavy atom. The topological polar surface area (TPSA) is 0 Å². The van der Waals surface area contributed by atoms with Crippen molar-refractivity contribution in [2.75, 3.05) is 0 Å². The molecule has 7 aromatic rings. The molecule has 0 radical (unpaired) electrons. The van der Waals surface area contributed by atoms with Crippen molar-refractivity contribution < 1.29 is 0 Å². The van der Waals surface area contributed by atoms with E-state index in [1.54, 1.807) is 0 Å². The summed E-state index contributed by atoms with van der Waals surface area (Å²) >= 11 is 0. The lowest BCUT2D eigenvalue weighted by molar-refractivity contribution is 1.09. The molecule has 0 spiro atoms. The number of aryl methyl sites for hydroxylation is 2. The molecule has 182 valence electrons. The van der Waals surface area contributed by atoms with Crippen LogP contribution in [0, 0.1) is 0 Å². The van der Waals surface area contributed by atoms with Crippen molar-refractivity contribution in [3.05, 3.63) is 132 Å². The quantitative estimate of drug-likeness (QED) is 0.217. The van der Waals surface area contributed by atoms with E-state index in [1.807, 2.05) is 0 Å². The van der Waals surface area contributed by atoms with Gasteiger partial charge in [0.2, 0.25) is 0 Å². The molecular formula is C38H30. The van der Waals surface area contributed by atoms with Crippen LogP contribution in [0.2, 0.25) is 0 Å². The van der Waals surface area contributed by atoms with E-state index in [1.165, 1.54) is 76.5 Å². The second kappa shape index (κ2) is 9.15. The Kier molecular flexibility index (Phi) is 5.48. The van der Waals surface area contributed by atoms with E-state index in [4.69, 9.17) is 0 Å². The van der Waals surface area contributed by atoms with Gasteiger partial charge in [0.15, 0.2) is 0 Å². The van der Waals surface area contributed by atoms with Crippen molar-refractivity contribution in [2.45, 2.75) is 26.7 Å². The summed E-state index contributed by atoms with van der Waals surface area (Å²) < 4.78 is 0. The highest BCUT2D eigenvalue weighted by Gasteiger charge is 2.20. The lowest BCUT2D eigenvalue weighted by Crippen LogP contribution is -1.96. The van der Waals surface area contributed by atoms with Crippen LogP contribution in [0.15, 0.2) is 121 Å². The Hall–Kier alpha value is -4.42. The predicted molar refractivity (Wildman–Crippen MR) is 166 cm³/mol. The van der Waals surface area contributed by atoms with Gasteiger partial charge in [-0.15, -0.1) is 0 Å². The van der Waals surface area contributed by atoms with Crippen LogP contribution in [0.3, 0.4) is 0 Å². The summed E-state index contributed by atoms with van der Waals surface area (Å²) in [5.74, 6) is 0. The van der Waals surface area contributed by atoms with E-state index in [2.05, 4.69) is 135 Å². The van der Waals surface area contributed by atoms with Gasteiger partial charge in [-0.2, -0.15) is 0 Å². The highest BCUT2D eigenvalue weighted by atomic mass is 14.2. The summed E-state index contributed by atoms with van der Waals surface area (Å²) in [6.45, 7) is 4.52. The van der Waals surface area contributed by atoms with Crippen molar-refractivity contribution in [1.82, 2.24) is 0 Å². The van der Waals surface area contributed by atoms with Gasteiger partial charge in [0.05, 0.1) is 0 Å². The van der Waals surface area contributed by atoms with Crippen LogP contribution >= 0.6 is 0 Å². The predicted octanol–water partition coefficient (Wildman–Crippen LogP) is 10.8. The molecule has 0 aliphatic carbocycles. The minimum atomic E-state index is 1.02. The van der Waals surface area contributed by atoms with Gasteiger partial charge in [0.1, 0.15) is 0 Å². The number of hydrogen-bond acceptors (Lipinski definition) is 0. The molecule has 0 aliphatic rings. The Morgan fingerprint density at radius 3 is 1.34 bits per heavy atom. The van der Waals surface area contributed by atoms with E-state index in [0.29, 0.717) is 0 Å². The van der Waals surface area contributed by atoms with Crippen molar-refractivity contribution in [3.63, 3.8) is 0 Å². The molecule has 0 aliphatic heterocycles. The highest BCUT2D eigenvalue weighted by molar-refractivity contribution is 6.27. The molecule has 0 amide bonds. The molecule has 7 aromatic carbocycles. The summed E-state index contributed by atoms with van der Waals surface area (Å²) in [4.78, 5) is 0. The number of rotatable bonds is 4. The Morgan fingerprint density at radius 2 is 0.842 bits per heavy atom. The maximum absolute atomic E-state index is 2.41. The van der Waals surface area contributed by atoms with E-state index >= 15 is 0 Å². The van der Waals surface area contributed by atoms with Crippen molar-refractivity contribution in [3.8, 4) is 22.3 Å². The van der Waals surface area contributed by atoms with Crippen LogP contribution in [0.5, 0.6) is 0 Å². The maximum Gasteiger partial charge on any atom is -0.00139 e. The Bertz CT molecular complexity index is 1880. The molecule has 0 heteroatoms. The summed E-state index contributed by atoms with van der Waals surface area (Å²) in [7, 11) is 0. The van der Waals surface area contributed by atoms with Crippen LogP contribution < -0.4 is 0 Å². The molecule has 0 N–H and O–H groups in total. The smallest absolute Gasteiger partial charge is 0.00139 e. The van der Waals surface area contributed by atoms with Crippen molar-refractivity contribution in [2.24, 2.45) is 0 Å². The van der Waals surface area contributed by atoms with E-state index in [-0.39, 0.29) is 0 Å². The summed E-state index contributed by atoms with van der Waals surface area (Å²) in [5, 5.41) is 10.4. The van der Waals surface area contributed by atoms with E-state index in [0.717, 1.165) is 12.8 Å². The fourth-order valence-electron chi connectivity index (χ4n) is 6.37. The minimum Gasteiger partial charge on any atom is -0.0616 e. The zero-order valence-corrected chi connectivity index (χ0v) is 22.0. The molecule has 0 unspecified atom stereocenters. The third kappa shape index (κ3) is 3.45. The Labute approximate surface area is 224 Å². The molecule has 0 aromatic heterocycles. The average molecular weight is 487 g/mol. The largest absolute Gasteiger partial charge is 0.0616 e. The zero-order chi connectivity index (χ0) is 25.6. The lowest BCUT2D eigenvalue weighted by atomic mass is 9.82. The summed E-state index contributed by atoms with van der Waals surface area (Å²) in [6, 6.07) is 45.1. The maximum atomic E-state index is 2.41. The molecule has 38 heavy (non-hydrogen) atoms. The highest BCUT2D eigenvalue weighted by Crippen LogP contribution is 2.48. The van der Waals surface area contributed by atoms with Gasteiger partial charge in [-0.1, -0.05) is 129 Å². The van der Waals surface area contributed by atoms with E-state index in [9.17, 15) is 0 Å². The molecule has 0 nitrogen and oxygen atoms in total. The van der Waals surface area contributed by atoms with Gasteiger partial charge < -0.3 is 0 Å². The van der Waals surface area contributed by atoms with Crippen LogP contribution in [-0.2, 0) is 12.8 Å². The van der Waals surface area contributed by atoms with E-state index < -0.39 is 0 Å². The third-order valence-corrected chi connectivity index (χ3v) is 8.18. The summed E-state index contributed by atoms with van der Waals surface area (Å²) in [5.41, 5.74) is 8.18. The minimum absolute atomic E-state index is 1.02. The molecule has 0 heterocycles. The van der Waals surface area contributed by atoms with Gasteiger partial charge in [-0.3, -0.25) is 0 Å². The first-order chi connectivity index (χ1) is 18.8. The molecule has 0 saturated heterocycles. The van der Waals surface area contributed by atoms with Gasteiger partial charge in [-0.05, 0) is 95.4 Å². The van der Waals surface area contributed by atoms with Crippen LogP contribution in [-0.4, -0.2) is 0 Å². The van der Waals surface area contributed by atoms with Crippen molar-refractivity contribution >= 4 is 43.1 Å². The lowest BCUT2D eigenvalue weighted by Gasteiger charge is -2.21. The van der Waals surface area contributed by atoms with Gasteiger partial charge in [0, 0.05) is 0 Å². The molecule has 0 bridgehead atoms. The zero-order valence-electron chi connectivity index (χ0n) is 22.0. The number of fused-ring (bicyclic) bond motifs is 4. The first-order valence-electron chi connectivity index (χ1n) is 13.7. The SMILES string of the molecule is CCc1ccc(-c2c3ccccc3c(-c3c4ccccc4cc4ccccc34)c3ccccc23)c(CC)c1. The Balaban J connectivity index is 1.71. The molecule has 7 rings (SSSR count). The third-order valence-electron chi connectivity index (χ3n) is 8.18. The second-order valence-corrected chi connectivity index (χ2v) is 10.2.